The lowest BCUT2D eigenvalue weighted by molar-refractivity contribution is -0.119. The van der Waals surface area contributed by atoms with Crippen molar-refractivity contribution in [2.75, 3.05) is 38.3 Å². The van der Waals surface area contributed by atoms with Crippen molar-refractivity contribution >= 4 is 17.4 Å². The maximum absolute atomic E-state index is 12.2. The molecule has 0 aliphatic carbocycles. The number of fused-ring (bicyclic) bond motifs is 1. The monoisotopic (exact) mass is 274 g/mol. The van der Waals surface area contributed by atoms with Gasteiger partial charge < -0.3 is 20.3 Å². The predicted octanol–water partition coefficient (Wildman–Crippen LogP) is 0.0266. The number of nitrogens with two attached hydrogens (primary N) is 1. The molecule has 1 fully saturated rings. The number of morpholine rings is 1. The molecule has 3 rings (SSSR count). The van der Waals surface area contributed by atoms with Crippen LogP contribution in [0.15, 0.2) is 29.3 Å². The van der Waals surface area contributed by atoms with E-state index in [0.717, 1.165) is 30.2 Å². The summed E-state index contributed by atoms with van der Waals surface area (Å²) in [5, 5.41) is 0. The number of rotatable bonds is 0. The molecule has 6 nitrogen and oxygen atoms in total. The first-order valence-electron chi connectivity index (χ1n) is 6.71. The van der Waals surface area contributed by atoms with Gasteiger partial charge in [0.15, 0.2) is 6.17 Å². The lowest BCUT2D eigenvalue weighted by atomic mass is 10.1. The van der Waals surface area contributed by atoms with Gasteiger partial charge in [-0.05, 0) is 12.1 Å². The molecule has 0 saturated carbocycles. The van der Waals surface area contributed by atoms with Crippen LogP contribution >= 0.6 is 0 Å². The van der Waals surface area contributed by atoms with Gasteiger partial charge >= 0.3 is 0 Å². The Bertz CT molecular complexity index is 552. The first-order valence-corrected chi connectivity index (χ1v) is 6.71. The van der Waals surface area contributed by atoms with Crippen LogP contribution in [0.4, 0.5) is 5.69 Å². The summed E-state index contributed by atoms with van der Waals surface area (Å²) >= 11 is 0. The number of hydrogen-bond acceptors (Lipinski definition) is 5. The van der Waals surface area contributed by atoms with Crippen molar-refractivity contribution in [2.45, 2.75) is 6.17 Å². The number of aliphatic imine (C=N–C) groups is 1. The lowest BCUT2D eigenvalue weighted by Gasteiger charge is -2.30. The van der Waals surface area contributed by atoms with Crippen LogP contribution < -0.4 is 10.6 Å². The molecule has 1 unspecified atom stereocenters. The highest BCUT2D eigenvalue weighted by Gasteiger charge is 2.29. The predicted molar refractivity (Wildman–Crippen MR) is 76.8 cm³/mol. The number of anilines is 1. The third-order valence-corrected chi connectivity index (χ3v) is 3.66. The van der Waals surface area contributed by atoms with E-state index in [0.29, 0.717) is 13.2 Å². The smallest absolute Gasteiger partial charge is 0.266 e. The molecule has 20 heavy (non-hydrogen) atoms. The van der Waals surface area contributed by atoms with Gasteiger partial charge in [0.1, 0.15) is 5.84 Å². The molecule has 2 heterocycles. The van der Waals surface area contributed by atoms with Crippen molar-refractivity contribution in [1.82, 2.24) is 4.90 Å². The van der Waals surface area contributed by atoms with Crippen molar-refractivity contribution in [3.8, 4) is 0 Å². The number of ether oxygens (including phenoxy) is 1. The average molecular weight is 274 g/mol. The van der Waals surface area contributed by atoms with E-state index in [4.69, 9.17) is 10.5 Å². The zero-order valence-corrected chi connectivity index (χ0v) is 11.5. The molecule has 6 heteroatoms. The first kappa shape index (κ1) is 13.1. The van der Waals surface area contributed by atoms with Crippen molar-refractivity contribution in [3.05, 3.63) is 29.8 Å². The van der Waals surface area contributed by atoms with E-state index >= 15 is 0 Å². The number of amides is 1. The van der Waals surface area contributed by atoms with Crippen molar-refractivity contribution in [3.63, 3.8) is 0 Å². The molecule has 0 bridgehead atoms. The third-order valence-electron chi connectivity index (χ3n) is 3.66. The Hall–Kier alpha value is -1.92. The molecular formula is C14H18N4O2. The number of benzodiazepines with no additional fused rings is 1. The van der Waals surface area contributed by atoms with E-state index in [1.807, 2.05) is 24.3 Å². The van der Waals surface area contributed by atoms with Crippen molar-refractivity contribution in [2.24, 2.45) is 10.7 Å². The molecule has 0 radical (unpaired) electrons. The Morgan fingerprint density at radius 1 is 1.30 bits per heavy atom. The normalized spacial score (nSPS) is 23.2. The van der Waals surface area contributed by atoms with Gasteiger partial charge in [-0.25, -0.2) is 4.99 Å². The van der Waals surface area contributed by atoms with Crippen LogP contribution in [0.25, 0.3) is 0 Å². The molecule has 1 aromatic carbocycles. The Morgan fingerprint density at radius 2 is 2.00 bits per heavy atom. The van der Waals surface area contributed by atoms with Crippen LogP contribution in [0.5, 0.6) is 0 Å². The fraction of sp³-hybridized carbons (Fsp3) is 0.429. The number of nitrogens with zero attached hydrogens (tertiary/aromatic N) is 3. The van der Waals surface area contributed by atoms with E-state index in [1.54, 1.807) is 11.9 Å². The quantitative estimate of drug-likeness (QED) is 0.724. The standard InChI is InChI=1S/C14H18N4O2/c1-17-11-5-3-2-4-10(11)13(16-12(15)14(17)19)18-6-8-20-9-7-18/h2-5,12H,6-9,15H2,1H3. The topological polar surface area (TPSA) is 71.2 Å². The average Bonchev–Trinajstić information content (AvgIpc) is 2.60. The number of benzene rings is 1. The van der Waals surface area contributed by atoms with Gasteiger partial charge in [-0.2, -0.15) is 0 Å². The van der Waals surface area contributed by atoms with Gasteiger partial charge in [-0.3, -0.25) is 4.79 Å². The Balaban J connectivity index is 2.08. The maximum atomic E-state index is 12.2. The fourth-order valence-electron chi connectivity index (χ4n) is 2.56. The van der Waals surface area contributed by atoms with Gasteiger partial charge in [-0.1, -0.05) is 12.1 Å². The molecule has 106 valence electrons. The van der Waals surface area contributed by atoms with E-state index < -0.39 is 6.17 Å². The highest BCUT2D eigenvalue weighted by Crippen LogP contribution is 2.25. The highest BCUT2D eigenvalue weighted by molar-refractivity contribution is 6.11. The summed E-state index contributed by atoms with van der Waals surface area (Å²) in [6.07, 6.45) is -0.856. The summed E-state index contributed by atoms with van der Waals surface area (Å²) in [6, 6.07) is 7.76. The maximum Gasteiger partial charge on any atom is 0.266 e. The van der Waals surface area contributed by atoms with Gasteiger partial charge in [0, 0.05) is 25.7 Å². The zero-order valence-electron chi connectivity index (χ0n) is 11.5. The van der Waals surface area contributed by atoms with Gasteiger partial charge in [0.05, 0.1) is 18.9 Å². The van der Waals surface area contributed by atoms with Crippen LogP contribution in [0, 0.1) is 0 Å². The van der Waals surface area contributed by atoms with E-state index in [-0.39, 0.29) is 5.91 Å². The van der Waals surface area contributed by atoms with Crippen LogP contribution in [0.3, 0.4) is 0 Å². The molecule has 2 aliphatic heterocycles. The first-order chi connectivity index (χ1) is 9.68. The zero-order chi connectivity index (χ0) is 14.1. The molecule has 2 N–H and O–H groups in total. The SMILES string of the molecule is CN1C(=O)C(N)N=C(N2CCOCC2)c2ccccc21. The number of hydrogen-bond donors (Lipinski definition) is 1. The molecule has 1 atom stereocenters. The molecule has 1 amide bonds. The third kappa shape index (κ3) is 2.17. The lowest BCUT2D eigenvalue weighted by Crippen LogP contribution is -2.42. The number of likely N-dealkylation sites (N-methyl/N-ethyl adjacent to an activating group) is 1. The number of carbonyl (C=O) groups is 1. The van der Waals surface area contributed by atoms with Crippen LogP contribution in [0.1, 0.15) is 5.56 Å². The summed E-state index contributed by atoms with van der Waals surface area (Å²) in [5.74, 6) is 0.592. The summed E-state index contributed by atoms with van der Waals surface area (Å²) in [7, 11) is 1.73. The molecule has 0 aromatic heterocycles. The molecular weight excluding hydrogens is 256 g/mol. The summed E-state index contributed by atoms with van der Waals surface area (Å²) < 4.78 is 5.37. The highest BCUT2D eigenvalue weighted by atomic mass is 16.5. The van der Waals surface area contributed by atoms with Crippen molar-refractivity contribution < 1.29 is 9.53 Å². The molecule has 0 spiro atoms. The van der Waals surface area contributed by atoms with E-state index in [1.165, 1.54) is 0 Å². The molecule has 1 saturated heterocycles. The second-order valence-corrected chi connectivity index (χ2v) is 4.91. The Morgan fingerprint density at radius 3 is 2.75 bits per heavy atom. The van der Waals surface area contributed by atoms with Crippen LogP contribution in [-0.4, -0.2) is 56.2 Å². The minimum atomic E-state index is -0.856. The largest absolute Gasteiger partial charge is 0.378 e. The van der Waals surface area contributed by atoms with Crippen LogP contribution in [0.2, 0.25) is 0 Å². The second kappa shape index (κ2) is 5.22. The minimum Gasteiger partial charge on any atom is -0.378 e. The minimum absolute atomic E-state index is 0.194. The fourth-order valence-corrected chi connectivity index (χ4v) is 2.56. The Labute approximate surface area is 117 Å². The number of carbonyl (C=O) groups excluding carboxylic acids is 1. The van der Waals surface area contributed by atoms with Gasteiger partial charge in [-0.15, -0.1) is 0 Å². The van der Waals surface area contributed by atoms with Gasteiger partial charge in [0.25, 0.3) is 5.91 Å². The summed E-state index contributed by atoms with van der Waals surface area (Å²) in [5.41, 5.74) is 7.69. The van der Waals surface area contributed by atoms with E-state index in [2.05, 4.69) is 9.89 Å². The van der Waals surface area contributed by atoms with Gasteiger partial charge in [0.2, 0.25) is 0 Å². The Kier molecular flexibility index (Phi) is 3.42. The van der Waals surface area contributed by atoms with E-state index in [9.17, 15) is 4.79 Å². The van der Waals surface area contributed by atoms with Crippen molar-refractivity contribution in [1.29, 1.82) is 0 Å². The molecule has 1 aromatic rings. The number of amidine groups is 1. The second-order valence-electron chi connectivity index (χ2n) is 4.91. The van der Waals surface area contributed by atoms with Crippen LogP contribution in [-0.2, 0) is 9.53 Å². The summed E-state index contributed by atoms with van der Waals surface area (Å²) in [4.78, 5) is 20.3. The number of para-hydroxylation sites is 1. The summed E-state index contributed by atoms with van der Waals surface area (Å²) in [6.45, 7) is 2.86. The molecule has 2 aliphatic rings.